The van der Waals surface area contributed by atoms with Gasteiger partial charge in [0.25, 0.3) is 0 Å². The Balaban J connectivity index is 3.03. The molecule has 0 spiro atoms. The highest BCUT2D eigenvalue weighted by Gasteiger charge is 2.15. The number of hydrogen-bond acceptors (Lipinski definition) is 4. The highest BCUT2D eigenvalue weighted by atomic mass is 32.2. The average molecular weight is 252 g/mol. The van der Waals surface area contributed by atoms with Crippen molar-refractivity contribution in [3.63, 3.8) is 0 Å². The summed E-state index contributed by atoms with van der Waals surface area (Å²) in [6, 6.07) is 3.17. The zero-order valence-electron chi connectivity index (χ0n) is 9.97. The van der Waals surface area contributed by atoms with E-state index in [-0.39, 0.29) is 10.9 Å². The molecule has 0 saturated heterocycles. The van der Waals surface area contributed by atoms with Crippen molar-refractivity contribution in [1.29, 1.82) is 0 Å². The summed E-state index contributed by atoms with van der Waals surface area (Å²) in [5, 5.41) is 3.07. The predicted octanol–water partition coefficient (Wildman–Crippen LogP) is 1.70. The van der Waals surface area contributed by atoms with Crippen LogP contribution in [0.5, 0.6) is 0 Å². The fourth-order valence-electron chi connectivity index (χ4n) is 1.43. The van der Waals surface area contributed by atoms with Crippen molar-refractivity contribution >= 4 is 15.7 Å². The molecule has 1 atom stereocenters. The molecule has 1 unspecified atom stereocenters. The first kappa shape index (κ1) is 13.5. The van der Waals surface area contributed by atoms with Gasteiger partial charge in [0.05, 0.1) is 0 Å². The Labute approximate surface area is 102 Å². The molecule has 92 valence electrons. The minimum atomic E-state index is -3.28. The van der Waals surface area contributed by atoms with Gasteiger partial charge in [-0.05, 0) is 18.6 Å². The zero-order chi connectivity index (χ0) is 12.9. The van der Waals surface area contributed by atoms with Crippen LogP contribution in [-0.2, 0) is 9.84 Å². The number of pyridine rings is 1. The third-order valence-electron chi connectivity index (χ3n) is 2.37. The molecule has 0 aliphatic heterocycles. The van der Waals surface area contributed by atoms with Crippen LogP contribution in [0.4, 0.5) is 5.82 Å². The van der Waals surface area contributed by atoms with Crippen molar-refractivity contribution in [2.24, 2.45) is 0 Å². The number of nitrogens with one attached hydrogen (secondary N) is 1. The summed E-state index contributed by atoms with van der Waals surface area (Å²) in [6.07, 6.45) is 9.32. The molecule has 0 bridgehead atoms. The van der Waals surface area contributed by atoms with Crippen molar-refractivity contribution < 1.29 is 8.42 Å². The maximum Gasteiger partial charge on any atom is 0.179 e. The Morgan fingerprint density at radius 1 is 1.59 bits per heavy atom. The molecule has 1 N–H and O–H groups in total. The Kier molecular flexibility index (Phi) is 4.53. The number of hydrogen-bond donors (Lipinski definition) is 1. The van der Waals surface area contributed by atoms with Crippen LogP contribution < -0.4 is 5.32 Å². The highest BCUT2D eigenvalue weighted by Crippen LogP contribution is 2.19. The summed E-state index contributed by atoms with van der Waals surface area (Å²) >= 11 is 0. The van der Waals surface area contributed by atoms with Gasteiger partial charge in [0.15, 0.2) is 9.84 Å². The van der Waals surface area contributed by atoms with Crippen LogP contribution in [0.3, 0.4) is 0 Å². The molecule has 0 aliphatic rings. The lowest BCUT2D eigenvalue weighted by molar-refractivity contribution is 0.601. The highest BCUT2D eigenvalue weighted by molar-refractivity contribution is 7.90. The van der Waals surface area contributed by atoms with Crippen LogP contribution >= 0.6 is 0 Å². The monoisotopic (exact) mass is 252 g/mol. The normalized spacial score (nSPS) is 12.8. The Hall–Kier alpha value is -1.54. The second-order valence-electron chi connectivity index (χ2n) is 3.78. The van der Waals surface area contributed by atoms with E-state index in [2.05, 4.69) is 16.2 Å². The van der Waals surface area contributed by atoms with Gasteiger partial charge in [-0.15, -0.1) is 12.3 Å². The van der Waals surface area contributed by atoms with E-state index in [9.17, 15) is 8.42 Å². The second kappa shape index (κ2) is 5.69. The fourth-order valence-corrected chi connectivity index (χ4v) is 2.22. The van der Waals surface area contributed by atoms with Crippen LogP contribution in [0.1, 0.15) is 19.8 Å². The van der Waals surface area contributed by atoms with Crippen molar-refractivity contribution in [1.82, 2.24) is 4.98 Å². The van der Waals surface area contributed by atoms with E-state index < -0.39 is 9.84 Å². The van der Waals surface area contributed by atoms with Gasteiger partial charge in [0.1, 0.15) is 10.7 Å². The lowest BCUT2D eigenvalue weighted by atomic mass is 10.1. The smallest absolute Gasteiger partial charge is 0.179 e. The van der Waals surface area contributed by atoms with Crippen LogP contribution in [-0.4, -0.2) is 25.7 Å². The molecule has 0 aliphatic carbocycles. The lowest BCUT2D eigenvalue weighted by Crippen LogP contribution is -2.20. The summed E-state index contributed by atoms with van der Waals surface area (Å²) in [6.45, 7) is 1.98. The van der Waals surface area contributed by atoms with E-state index in [0.29, 0.717) is 12.2 Å². The minimum Gasteiger partial charge on any atom is -0.365 e. The lowest BCUT2D eigenvalue weighted by Gasteiger charge is -2.16. The van der Waals surface area contributed by atoms with Gasteiger partial charge < -0.3 is 5.32 Å². The van der Waals surface area contributed by atoms with Crippen LogP contribution in [0.15, 0.2) is 23.2 Å². The quantitative estimate of drug-likeness (QED) is 0.810. The maximum atomic E-state index is 11.6. The number of rotatable bonds is 5. The van der Waals surface area contributed by atoms with E-state index in [1.165, 1.54) is 6.07 Å². The molecule has 0 saturated carbocycles. The summed E-state index contributed by atoms with van der Waals surface area (Å²) < 4.78 is 23.1. The van der Waals surface area contributed by atoms with Crippen LogP contribution in [0.2, 0.25) is 0 Å². The van der Waals surface area contributed by atoms with Gasteiger partial charge in [0.2, 0.25) is 0 Å². The molecule has 0 fully saturated rings. The standard InChI is InChI=1S/C12H16N2O2S/c1-4-7-10(5-2)14-12-11(17(3,15)16)8-6-9-13-12/h1,6,8-10H,5,7H2,2-3H3,(H,13,14). The van der Waals surface area contributed by atoms with Crippen molar-refractivity contribution in [3.8, 4) is 12.3 Å². The largest absolute Gasteiger partial charge is 0.365 e. The Morgan fingerprint density at radius 3 is 2.82 bits per heavy atom. The maximum absolute atomic E-state index is 11.6. The van der Waals surface area contributed by atoms with E-state index in [1.54, 1.807) is 12.3 Å². The number of sulfone groups is 1. The van der Waals surface area contributed by atoms with E-state index in [1.807, 2.05) is 6.92 Å². The first-order valence-corrected chi connectivity index (χ1v) is 7.23. The summed E-state index contributed by atoms with van der Waals surface area (Å²) in [7, 11) is -3.28. The van der Waals surface area contributed by atoms with E-state index in [4.69, 9.17) is 6.42 Å². The third kappa shape index (κ3) is 3.75. The average Bonchev–Trinajstić information content (AvgIpc) is 2.27. The first-order valence-electron chi connectivity index (χ1n) is 5.34. The van der Waals surface area contributed by atoms with Gasteiger partial charge in [-0.25, -0.2) is 13.4 Å². The summed E-state index contributed by atoms with van der Waals surface area (Å²) in [4.78, 5) is 4.26. The zero-order valence-corrected chi connectivity index (χ0v) is 10.8. The molecule has 5 heteroatoms. The van der Waals surface area contributed by atoms with E-state index in [0.717, 1.165) is 12.7 Å². The Bertz CT molecular complexity index is 518. The molecule has 0 amide bonds. The molecule has 1 aromatic rings. The second-order valence-corrected chi connectivity index (χ2v) is 5.76. The van der Waals surface area contributed by atoms with Gasteiger partial charge >= 0.3 is 0 Å². The topological polar surface area (TPSA) is 59.1 Å². The summed E-state index contributed by atoms with van der Waals surface area (Å²) in [5.74, 6) is 2.93. The van der Waals surface area contributed by atoms with Gasteiger partial charge in [0, 0.05) is 24.9 Å². The van der Waals surface area contributed by atoms with Gasteiger partial charge in [-0.3, -0.25) is 0 Å². The van der Waals surface area contributed by atoms with Gasteiger partial charge in [-0.2, -0.15) is 0 Å². The predicted molar refractivity (Wildman–Crippen MR) is 68.5 cm³/mol. The van der Waals surface area contributed by atoms with Crippen LogP contribution in [0.25, 0.3) is 0 Å². The molecule has 1 aromatic heterocycles. The minimum absolute atomic E-state index is 0.0374. The molecular formula is C12H16N2O2S. The summed E-state index contributed by atoms with van der Waals surface area (Å²) in [5.41, 5.74) is 0. The Morgan fingerprint density at radius 2 is 2.29 bits per heavy atom. The molecule has 1 rings (SSSR count). The molecule has 0 aromatic carbocycles. The SMILES string of the molecule is C#CCC(CC)Nc1ncccc1S(C)(=O)=O. The number of aromatic nitrogens is 1. The van der Waals surface area contributed by atoms with E-state index >= 15 is 0 Å². The van der Waals surface area contributed by atoms with Crippen molar-refractivity contribution in [3.05, 3.63) is 18.3 Å². The molecule has 4 nitrogen and oxygen atoms in total. The fraction of sp³-hybridized carbons (Fsp3) is 0.417. The van der Waals surface area contributed by atoms with Crippen molar-refractivity contribution in [2.75, 3.05) is 11.6 Å². The molecule has 17 heavy (non-hydrogen) atoms. The molecular weight excluding hydrogens is 236 g/mol. The first-order chi connectivity index (χ1) is 7.99. The number of terminal acetylenes is 1. The number of nitrogens with zero attached hydrogens (tertiary/aromatic N) is 1. The molecule has 1 heterocycles. The van der Waals surface area contributed by atoms with Crippen molar-refractivity contribution in [2.45, 2.75) is 30.7 Å². The molecule has 0 radical (unpaired) electrons. The van der Waals surface area contributed by atoms with Crippen LogP contribution in [0, 0.1) is 12.3 Å². The number of anilines is 1. The third-order valence-corrected chi connectivity index (χ3v) is 3.50. The van der Waals surface area contributed by atoms with Gasteiger partial charge in [-0.1, -0.05) is 6.92 Å².